The minimum absolute atomic E-state index is 0.379. The zero-order valence-electron chi connectivity index (χ0n) is 11.7. The Bertz CT molecular complexity index is 831. The number of esters is 1. The summed E-state index contributed by atoms with van der Waals surface area (Å²) in [4.78, 5) is 15.7. The third-order valence-electron chi connectivity index (χ3n) is 2.99. The van der Waals surface area contributed by atoms with Gasteiger partial charge in [0.2, 0.25) is 0 Å². The number of hydrogen-bond acceptors (Lipinski definition) is 5. The number of carbonyl (C=O) groups is 1. The molecule has 0 unspecified atom stereocenters. The van der Waals surface area contributed by atoms with E-state index in [-0.39, 0.29) is 5.97 Å². The standard InChI is InChI=1S/C16H13N3O2/c1-10-7-8-12(15(9-10)21-11(2)20)16-17-13-5-3-4-6-14(13)18-19-16/h3-9H,1-2H3. The summed E-state index contributed by atoms with van der Waals surface area (Å²) in [5.41, 5.74) is 3.11. The lowest BCUT2D eigenvalue weighted by atomic mass is 10.1. The Labute approximate surface area is 121 Å². The highest BCUT2D eigenvalue weighted by Gasteiger charge is 2.12. The van der Waals surface area contributed by atoms with Crippen LogP contribution in [0.25, 0.3) is 22.4 Å². The van der Waals surface area contributed by atoms with Gasteiger partial charge in [-0.2, -0.15) is 0 Å². The van der Waals surface area contributed by atoms with Crippen molar-refractivity contribution in [2.45, 2.75) is 13.8 Å². The zero-order valence-corrected chi connectivity index (χ0v) is 11.7. The van der Waals surface area contributed by atoms with E-state index in [0.717, 1.165) is 16.6 Å². The molecule has 0 fully saturated rings. The number of hydrogen-bond donors (Lipinski definition) is 0. The average Bonchev–Trinajstić information content (AvgIpc) is 2.46. The summed E-state index contributed by atoms with van der Waals surface area (Å²) in [7, 11) is 0. The van der Waals surface area contributed by atoms with E-state index in [1.54, 1.807) is 6.07 Å². The van der Waals surface area contributed by atoms with Crippen molar-refractivity contribution in [3.63, 3.8) is 0 Å². The lowest BCUT2D eigenvalue weighted by molar-refractivity contribution is -0.131. The molecule has 0 spiro atoms. The molecule has 104 valence electrons. The Hall–Kier alpha value is -2.82. The Kier molecular flexibility index (Phi) is 3.31. The van der Waals surface area contributed by atoms with E-state index in [1.165, 1.54) is 6.92 Å². The second-order valence-electron chi connectivity index (χ2n) is 4.72. The minimum Gasteiger partial charge on any atom is -0.426 e. The van der Waals surface area contributed by atoms with Crippen molar-refractivity contribution in [1.29, 1.82) is 0 Å². The molecule has 1 heterocycles. The molecule has 3 rings (SSSR count). The van der Waals surface area contributed by atoms with Gasteiger partial charge in [-0.05, 0) is 36.8 Å². The third kappa shape index (κ3) is 2.72. The molecule has 5 nitrogen and oxygen atoms in total. The fourth-order valence-corrected chi connectivity index (χ4v) is 2.05. The monoisotopic (exact) mass is 279 g/mol. The predicted octanol–water partition coefficient (Wildman–Crippen LogP) is 2.93. The van der Waals surface area contributed by atoms with Crippen LogP contribution in [0.15, 0.2) is 42.5 Å². The van der Waals surface area contributed by atoms with Gasteiger partial charge in [0.05, 0.1) is 11.1 Å². The number of ether oxygens (including phenoxy) is 1. The van der Waals surface area contributed by atoms with Crippen LogP contribution in [-0.4, -0.2) is 21.2 Å². The Morgan fingerprint density at radius 3 is 2.57 bits per heavy atom. The van der Waals surface area contributed by atoms with Crippen molar-refractivity contribution in [1.82, 2.24) is 15.2 Å². The molecule has 21 heavy (non-hydrogen) atoms. The number of para-hydroxylation sites is 1. The Balaban J connectivity index is 2.15. The van der Waals surface area contributed by atoms with Crippen LogP contribution >= 0.6 is 0 Å². The van der Waals surface area contributed by atoms with Crippen LogP contribution in [0.5, 0.6) is 5.75 Å². The number of aromatic nitrogens is 3. The molecule has 0 aliphatic carbocycles. The second kappa shape index (κ2) is 5.28. The Morgan fingerprint density at radius 1 is 1.05 bits per heavy atom. The largest absolute Gasteiger partial charge is 0.426 e. The smallest absolute Gasteiger partial charge is 0.308 e. The molecule has 2 aromatic carbocycles. The number of carbonyl (C=O) groups excluding carboxylic acids is 1. The van der Waals surface area contributed by atoms with E-state index in [9.17, 15) is 4.79 Å². The molecule has 0 radical (unpaired) electrons. The van der Waals surface area contributed by atoms with E-state index in [2.05, 4.69) is 15.2 Å². The van der Waals surface area contributed by atoms with Gasteiger partial charge in [0.1, 0.15) is 11.3 Å². The lowest BCUT2D eigenvalue weighted by Gasteiger charge is -2.09. The molecule has 0 saturated heterocycles. The summed E-state index contributed by atoms with van der Waals surface area (Å²) in [6, 6.07) is 13.0. The minimum atomic E-state index is -0.379. The fraction of sp³-hybridized carbons (Fsp3) is 0.125. The molecule has 0 saturated carbocycles. The molecule has 5 heteroatoms. The summed E-state index contributed by atoms with van der Waals surface area (Å²) in [5, 5.41) is 8.27. The fourth-order valence-electron chi connectivity index (χ4n) is 2.05. The third-order valence-corrected chi connectivity index (χ3v) is 2.99. The first kappa shape index (κ1) is 13.2. The van der Waals surface area contributed by atoms with Gasteiger partial charge >= 0.3 is 5.97 Å². The summed E-state index contributed by atoms with van der Waals surface area (Å²) < 4.78 is 5.25. The highest BCUT2D eigenvalue weighted by molar-refractivity contribution is 5.78. The summed E-state index contributed by atoms with van der Waals surface area (Å²) in [6.07, 6.45) is 0. The van der Waals surface area contributed by atoms with E-state index in [0.29, 0.717) is 17.1 Å². The van der Waals surface area contributed by atoms with Gasteiger partial charge in [0.15, 0.2) is 5.82 Å². The molecule has 0 amide bonds. The van der Waals surface area contributed by atoms with Crippen molar-refractivity contribution in [3.05, 3.63) is 48.0 Å². The summed E-state index contributed by atoms with van der Waals surface area (Å²) in [6.45, 7) is 3.29. The van der Waals surface area contributed by atoms with Crippen molar-refractivity contribution < 1.29 is 9.53 Å². The van der Waals surface area contributed by atoms with Gasteiger partial charge < -0.3 is 4.74 Å². The molecular weight excluding hydrogens is 266 g/mol. The topological polar surface area (TPSA) is 65.0 Å². The first-order valence-electron chi connectivity index (χ1n) is 6.52. The summed E-state index contributed by atoms with van der Waals surface area (Å²) >= 11 is 0. The van der Waals surface area contributed by atoms with E-state index in [1.807, 2.05) is 43.3 Å². The number of nitrogens with zero attached hydrogens (tertiary/aromatic N) is 3. The van der Waals surface area contributed by atoms with Gasteiger partial charge in [-0.1, -0.05) is 18.2 Å². The number of fused-ring (bicyclic) bond motifs is 1. The zero-order chi connectivity index (χ0) is 14.8. The van der Waals surface area contributed by atoms with Crippen molar-refractivity contribution in [2.75, 3.05) is 0 Å². The maximum absolute atomic E-state index is 11.2. The molecule has 0 aliphatic rings. The van der Waals surface area contributed by atoms with Crippen LogP contribution in [0.1, 0.15) is 12.5 Å². The Morgan fingerprint density at radius 2 is 1.81 bits per heavy atom. The van der Waals surface area contributed by atoms with Gasteiger partial charge in [-0.25, -0.2) is 4.98 Å². The molecule has 0 aliphatic heterocycles. The van der Waals surface area contributed by atoms with Crippen LogP contribution in [-0.2, 0) is 4.79 Å². The van der Waals surface area contributed by atoms with E-state index >= 15 is 0 Å². The number of benzene rings is 2. The van der Waals surface area contributed by atoms with Crippen LogP contribution in [0.4, 0.5) is 0 Å². The molecule has 0 N–H and O–H groups in total. The first-order chi connectivity index (χ1) is 10.1. The second-order valence-corrected chi connectivity index (χ2v) is 4.72. The maximum atomic E-state index is 11.2. The van der Waals surface area contributed by atoms with Gasteiger partial charge in [0, 0.05) is 6.92 Å². The normalized spacial score (nSPS) is 10.6. The van der Waals surface area contributed by atoms with Crippen LogP contribution in [0.2, 0.25) is 0 Å². The average molecular weight is 279 g/mol. The van der Waals surface area contributed by atoms with Gasteiger partial charge in [-0.15, -0.1) is 10.2 Å². The SMILES string of the molecule is CC(=O)Oc1cc(C)ccc1-c1nnc2ccccc2n1. The van der Waals surface area contributed by atoms with Crippen LogP contribution in [0, 0.1) is 6.92 Å². The molecule has 0 bridgehead atoms. The first-order valence-corrected chi connectivity index (χ1v) is 6.52. The highest BCUT2D eigenvalue weighted by Crippen LogP contribution is 2.29. The van der Waals surface area contributed by atoms with Crippen molar-refractivity contribution >= 4 is 17.0 Å². The molecule has 1 aromatic heterocycles. The van der Waals surface area contributed by atoms with Crippen LogP contribution < -0.4 is 4.74 Å². The van der Waals surface area contributed by atoms with Crippen molar-refractivity contribution in [3.8, 4) is 17.1 Å². The van der Waals surface area contributed by atoms with Crippen molar-refractivity contribution in [2.24, 2.45) is 0 Å². The van der Waals surface area contributed by atoms with Gasteiger partial charge in [-0.3, -0.25) is 4.79 Å². The van der Waals surface area contributed by atoms with E-state index < -0.39 is 0 Å². The highest BCUT2D eigenvalue weighted by atomic mass is 16.5. The van der Waals surface area contributed by atoms with Crippen LogP contribution in [0.3, 0.4) is 0 Å². The summed E-state index contributed by atoms with van der Waals surface area (Å²) in [5.74, 6) is 0.500. The quantitative estimate of drug-likeness (QED) is 0.533. The molecule has 0 atom stereocenters. The lowest BCUT2D eigenvalue weighted by Crippen LogP contribution is -2.04. The molecule has 3 aromatic rings. The number of rotatable bonds is 2. The van der Waals surface area contributed by atoms with E-state index in [4.69, 9.17) is 4.74 Å². The number of aryl methyl sites for hydroxylation is 1. The molecular formula is C16H13N3O2. The predicted molar refractivity (Wildman–Crippen MR) is 78.8 cm³/mol. The maximum Gasteiger partial charge on any atom is 0.308 e. The van der Waals surface area contributed by atoms with Gasteiger partial charge in [0.25, 0.3) is 0 Å².